The minimum atomic E-state index is -0.0979. The Morgan fingerprint density at radius 2 is 0.400 bits per heavy atom. The molecule has 412 valence electrons. The molecule has 0 aliphatic rings. The van der Waals surface area contributed by atoms with Gasteiger partial charge in [-0.15, -0.1) is 0 Å². The number of ether oxygens (including phenoxy) is 1. The number of esters is 1. The molecule has 0 aromatic heterocycles. The molecule has 1 rings (SSSR count). The minimum Gasteiger partial charge on any atom is -0.427 e. The molecule has 0 saturated carbocycles. The summed E-state index contributed by atoms with van der Waals surface area (Å²) < 4.78 is 5.37. The second-order valence-electron chi connectivity index (χ2n) is 23.0. The fourth-order valence-electron chi connectivity index (χ4n) is 11.1. The lowest BCUT2D eigenvalue weighted by Crippen LogP contribution is -2.07. The summed E-state index contributed by atoms with van der Waals surface area (Å²) in [6.07, 6.45) is 86.3. The van der Waals surface area contributed by atoms with Gasteiger partial charge in [0.25, 0.3) is 0 Å². The second-order valence-corrected chi connectivity index (χ2v) is 23.0. The third kappa shape index (κ3) is 56.0. The number of unbranched alkanes of at least 4 members (excludes halogenated alkanes) is 58. The lowest BCUT2D eigenvalue weighted by Gasteiger charge is -2.05. The Kier molecular flexibility index (Phi) is 57.4. The molecule has 0 unspecified atom stereocenters. The Hall–Kier alpha value is -1.31. The maximum atomic E-state index is 11.9. The highest BCUT2D eigenvalue weighted by Gasteiger charge is 2.05. The Balaban J connectivity index is 1.60. The zero-order chi connectivity index (χ0) is 49.8. The van der Waals surface area contributed by atoms with Crippen molar-refractivity contribution in [3.8, 4) is 5.75 Å². The number of hydrogen-bond donors (Lipinski definition) is 0. The van der Waals surface area contributed by atoms with Crippen LogP contribution in [0.2, 0.25) is 0 Å². The highest BCUT2D eigenvalue weighted by Crippen LogP contribution is 2.20. The largest absolute Gasteiger partial charge is 0.427 e. The maximum absolute atomic E-state index is 11.9. The fourth-order valence-corrected chi connectivity index (χ4v) is 11.1. The van der Waals surface area contributed by atoms with Gasteiger partial charge in [0.2, 0.25) is 0 Å². The van der Waals surface area contributed by atoms with Crippen molar-refractivity contribution in [1.82, 2.24) is 0 Å². The third-order valence-electron chi connectivity index (χ3n) is 16.0. The molecule has 0 aliphatic carbocycles. The van der Waals surface area contributed by atoms with Crippen LogP contribution in [0.15, 0.2) is 30.3 Å². The monoisotopic (exact) mass is 977 g/mol. The molecule has 0 aliphatic heterocycles. The van der Waals surface area contributed by atoms with Crippen molar-refractivity contribution < 1.29 is 9.53 Å². The van der Waals surface area contributed by atoms with Gasteiger partial charge in [0.05, 0.1) is 0 Å². The average Bonchev–Trinajstić information content (AvgIpc) is 3.37. The van der Waals surface area contributed by atoms with E-state index in [1.165, 1.54) is 366 Å². The normalized spacial score (nSPS) is 11.6. The van der Waals surface area contributed by atoms with Crippen molar-refractivity contribution in [2.24, 2.45) is 0 Å². The van der Waals surface area contributed by atoms with E-state index in [9.17, 15) is 4.79 Å². The summed E-state index contributed by atoms with van der Waals surface area (Å²) in [7, 11) is 0. The molecule has 70 heavy (non-hydrogen) atoms. The molecule has 0 atom stereocenters. The van der Waals surface area contributed by atoms with Crippen molar-refractivity contribution in [2.45, 2.75) is 392 Å². The van der Waals surface area contributed by atoms with Crippen molar-refractivity contribution in [1.29, 1.82) is 0 Å². The van der Waals surface area contributed by atoms with E-state index in [2.05, 4.69) is 6.92 Å². The molecule has 0 saturated heterocycles. The number of carbonyl (C=O) groups is 1. The lowest BCUT2D eigenvalue weighted by atomic mass is 10.0. The van der Waals surface area contributed by atoms with E-state index in [0.29, 0.717) is 12.2 Å². The molecule has 0 N–H and O–H groups in total. The van der Waals surface area contributed by atoms with E-state index in [0.717, 1.165) is 12.8 Å². The zero-order valence-corrected chi connectivity index (χ0v) is 48.1. The molecular formula is C68H128O2. The van der Waals surface area contributed by atoms with Gasteiger partial charge in [0.1, 0.15) is 5.75 Å². The summed E-state index contributed by atoms with van der Waals surface area (Å²) >= 11 is 0. The summed E-state index contributed by atoms with van der Waals surface area (Å²) in [5, 5.41) is 0. The second kappa shape index (κ2) is 60.2. The minimum absolute atomic E-state index is 0.0979. The standard InChI is InChI=1S/C68H128O2/c1-2-3-4-5-6-7-8-9-10-11-12-13-14-15-16-17-18-19-20-21-22-23-24-25-26-27-28-29-30-31-32-33-34-35-36-37-38-39-40-41-42-43-44-45-46-47-48-49-50-51-52-53-54-55-56-57-58-59-63-66-68(69)70-67-64-61-60-62-65-67/h60-62,64-65H,2-59,63,66H2,1H3. The summed E-state index contributed by atoms with van der Waals surface area (Å²) in [5.74, 6) is 0.560. The smallest absolute Gasteiger partial charge is 0.311 e. The molecule has 0 fully saturated rings. The molecule has 0 spiro atoms. The van der Waals surface area contributed by atoms with E-state index < -0.39 is 0 Å². The molecule has 2 nitrogen and oxygen atoms in total. The number of hydrogen-bond acceptors (Lipinski definition) is 2. The van der Waals surface area contributed by atoms with Crippen LogP contribution in [-0.2, 0) is 4.79 Å². The van der Waals surface area contributed by atoms with E-state index in [-0.39, 0.29) is 5.97 Å². The van der Waals surface area contributed by atoms with E-state index in [1.54, 1.807) is 0 Å². The van der Waals surface area contributed by atoms with Gasteiger partial charge < -0.3 is 4.74 Å². The number of benzene rings is 1. The summed E-state index contributed by atoms with van der Waals surface area (Å²) in [4.78, 5) is 11.9. The Bertz CT molecular complexity index is 1080. The van der Waals surface area contributed by atoms with Gasteiger partial charge >= 0.3 is 5.97 Å². The van der Waals surface area contributed by atoms with Crippen molar-refractivity contribution in [3.63, 3.8) is 0 Å². The van der Waals surface area contributed by atoms with Crippen LogP contribution in [0.25, 0.3) is 0 Å². The van der Waals surface area contributed by atoms with Gasteiger partial charge in [-0.2, -0.15) is 0 Å². The first-order chi connectivity index (χ1) is 34.8. The lowest BCUT2D eigenvalue weighted by molar-refractivity contribution is -0.134. The zero-order valence-electron chi connectivity index (χ0n) is 48.1. The van der Waals surface area contributed by atoms with Crippen molar-refractivity contribution in [2.75, 3.05) is 0 Å². The topological polar surface area (TPSA) is 26.3 Å². The highest BCUT2D eigenvalue weighted by molar-refractivity contribution is 5.72. The van der Waals surface area contributed by atoms with Crippen LogP contribution >= 0.6 is 0 Å². The van der Waals surface area contributed by atoms with Gasteiger partial charge in [-0.1, -0.05) is 398 Å². The molecular weight excluding hydrogens is 849 g/mol. The highest BCUT2D eigenvalue weighted by atomic mass is 16.5. The van der Waals surface area contributed by atoms with Crippen LogP contribution in [0.4, 0.5) is 0 Å². The van der Waals surface area contributed by atoms with E-state index >= 15 is 0 Å². The Morgan fingerprint density at radius 1 is 0.243 bits per heavy atom. The summed E-state index contributed by atoms with van der Waals surface area (Å²) in [5.41, 5.74) is 0. The molecule has 1 aromatic rings. The number of rotatable bonds is 61. The predicted octanol–water partition coefficient (Wildman–Crippen LogP) is 25.0. The van der Waals surface area contributed by atoms with Crippen LogP contribution in [0, 0.1) is 0 Å². The molecule has 0 bridgehead atoms. The Labute approximate surface area is 441 Å². The first kappa shape index (κ1) is 66.7. The van der Waals surface area contributed by atoms with Crippen molar-refractivity contribution >= 4 is 5.97 Å². The first-order valence-electron chi connectivity index (χ1n) is 33.1. The molecule has 2 heteroatoms. The molecule has 0 amide bonds. The number of para-hydroxylation sites is 1. The van der Waals surface area contributed by atoms with E-state index in [1.807, 2.05) is 30.3 Å². The van der Waals surface area contributed by atoms with Gasteiger partial charge in [0, 0.05) is 6.42 Å². The van der Waals surface area contributed by atoms with E-state index in [4.69, 9.17) is 4.74 Å². The SMILES string of the molecule is CCCCCCCCCCCCCCCCCCCCCCCCCCCCCCCCCCCCCCCCCCCCCCCCCCCCCCCCCCCCCC(=O)Oc1ccccc1. The van der Waals surface area contributed by atoms with Crippen LogP contribution in [0.5, 0.6) is 5.75 Å². The summed E-state index contributed by atoms with van der Waals surface area (Å²) in [6, 6.07) is 9.42. The average molecular weight is 978 g/mol. The van der Waals surface area contributed by atoms with Crippen LogP contribution in [0.1, 0.15) is 392 Å². The molecule has 0 radical (unpaired) electrons. The van der Waals surface area contributed by atoms with Crippen LogP contribution in [-0.4, -0.2) is 5.97 Å². The first-order valence-corrected chi connectivity index (χ1v) is 33.1. The van der Waals surface area contributed by atoms with Gasteiger partial charge in [-0.3, -0.25) is 4.79 Å². The van der Waals surface area contributed by atoms with Crippen LogP contribution in [0.3, 0.4) is 0 Å². The molecule has 0 heterocycles. The maximum Gasteiger partial charge on any atom is 0.311 e. The van der Waals surface area contributed by atoms with Crippen LogP contribution < -0.4 is 4.74 Å². The van der Waals surface area contributed by atoms with Gasteiger partial charge in [-0.25, -0.2) is 0 Å². The number of carbonyl (C=O) groups excluding carboxylic acids is 1. The van der Waals surface area contributed by atoms with Crippen molar-refractivity contribution in [3.05, 3.63) is 30.3 Å². The quantitative estimate of drug-likeness (QED) is 0.0369. The fraction of sp³-hybridized carbons (Fsp3) is 0.897. The third-order valence-corrected chi connectivity index (χ3v) is 16.0. The predicted molar refractivity (Wildman–Crippen MR) is 315 cm³/mol. The van der Waals surface area contributed by atoms with Gasteiger partial charge in [-0.05, 0) is 18.6 Å². The molecule has 1 aromatic carbocycles. The Morgan fingerprint density at radius 3 is 0.571 bits per heavy atom. The summed E-state index contributed by atoms with van der Waals surface area (Å²) in [6.45, 7) is 2.31. The van der Waals surface area contributed by atoms with Gasteiger partial charge in [0.15, 0.2) is 0 Å².